The van der Waals surface area contributed by atoms with Crippen LogP contribution in [0.4, 0.5) is 11.5 Å². The standard InChI is InChI=1S/C7H9N3O2.2C2H6/c1-2-8-6-3-4-7(9-5-6)10(11)12;2*1-2/h3-5,8H,2H2,1H3;2*1-2H3. The van der Waals surface area contributed by atoms with Gasteiger partial charge in [0.1, 0.15) is 0 Å². The summed E-state index contributed by atoms with van der Waals surface area (Å²) in [4.78, 5) is 13.3. The number of nitrogens with one attached hydrogen (secondary N) is 1. The van der Waals surface area contributed by atoms with Crippen LogP contribution in [0, 0.1) is 10.1 Å². The summed E-state index contributed by atoms with van der Waals surface area (Å²) in [7, 11) is 0. The average Bonchev–Trinajstić information content (AvgIpc) is 2.35. The zero-order valence-corrected chi connectivity index (χ0v) is 10.7. The second kappa shape index (κ2) is 11.4. The molecule has 5 nitrogen and oxygen atoms in total. The summed E-state index contributed by atoms with van der Waals surface area (Å²) in [6.45, 7) is 10.7. The van der Waals surface area contributed by atoms with E-state index in [-0.39, 0.29) is 5.82 Å². The van der Waals surface area contributed by atoms with Crippen LogP contribution in [-0.4, -0.2) is 16.5 Å². The largest absolute Gasteiger partial charge is 0.382 e. The number of aromatic nitrogens is 1. The first-order valence-corrected chi connectivity index (χ1v) is 5.58. The zero-order valence-electron chi connectivity index (χ0n) is 10.7. The van der Waals surface area contributed by atoms with Crippen LogP contribution >= 0.6 is 0 Å². The molecular weight excluding hydrogens is 206 g/mol. The van der Waals surface area contributed by atoms with E-state index in [1.54, 1.807) is 6.07 Å². The van der Waals surface area contributed by atoms with Gasteiger partial charge >= 0.3 is 5.82 Å². The molecule has 0 unspecified atom stereocenters. The van der Waals surface area contributed by atoms with Crippen molar-refractivity contribution >= 4 is 11.5 Å². The lowest BCUT2D eigenvalue weighted by atomic mass is 10.4. The molecule has 0 aromatic carbocycles. The van der Waals surface area contributed by atoms with Crippen molar-refractivity contribution in [2.75, 3.05) is 11.9 Å². The van der Waals surface area contributed by atoms with Gasteiger partial charge in [-0.1, -0.05) is 27.7 Å². The van der Waals surface area contributed by atoms with Crippen LogP contribution < -0.4 is 5.32 Å². The van der Waals surface area contributed by atoms with Crippen LogP contribution in [0.15, 0.2) is 18.3 Å². The number of rotatable bonds is 3. The third kappa shape index (κ3) is 6.75. The van der Waals surface area contributed by atoms with Crippen molar-refractivity contribution in [2.45, 2.75) is 34.6 Å². The average molecular weight is 227 g/mol. The van der Waals surface area contributed by atoms with E-state index in [0.717, 1.165) is 12.2 Å². The minimum atomic E-state index is -0.518. The normalized spacial score (nSPS) is 7.81. The molecule has 0 atom stereocenters. The molecule has 1 N–H and O–H groups in total. The van der Waals surface area contributed by atoms with Crippen molar-refractivity contribution in [3.63, 3.8) is 0 Å². The molecule has 92 valence electrons. The number of hydrogen-bond acceptors (Lipinski definition) is 4. The highest BCUT2D eigenvalue weighted by molar-refractivity contribution is 5.43. The van der Waals surface area contributed by atoms with Gasteiger partial charge in [-0.05, 0) is 22.9 Å². The van der Waals surface area contributed by atoms with E-state index in [9.17, 15) is 10.1 Å². The maximum atomic E-state index is 10.2. The van der Waals surface area contributed by atoms with Crippen molar-refractivity contribution < 1.29 is 4.92 Å². The molecule has 0 aliphatic heterocycles. The van der Waals surface area contributed by atoms with Crippen LogP contribution in [-0.2, 0) is 0 Å². The van der Waals surface area contributed by atoms with Crippen molar-refractivity contribution in [2.24, 2.45) is 0 Å². The van der Waals surface area contributed by atoms with Crippen molar-refractivity contribution in [1.82, 2.24) is 4.98 Å². The lowest BCUT2D eigenvalue weighted by Crippen LogP contribution is -1.98. The summed E-state index contributed by atoms with van der Waals surface area (Å²) in [5.41, 5.74) is 0.795. The molecule has 1 rings (SSSR count). The molecule has 0 saturated carbocycles. The van der Waals surface area contributed by atoms with Gasteiger partial charge in [-0.15, -0.1) is 0 Å². The van der Waals surface area contributed by atoms with E-state index < -0.39 is 4.92 Å². The fourth-order valence-corrected chi connectivity index (χ4v) is 0.803. The van der Waals surface area contributed by atoms with Crippen molar-refractivity contribution in [3.05, 3.63) is 28.4 Å². The predicted molar refractivity (Wildman–Crippen MR) is 67.8 cm³/mol. The minimum absolute atomic E-state index is 0.128. The lowest BCUT2D eigenvalue weighted by molar-refractivity contribution is -0.389. The zero-order chi connectivity index (χ0) is 13.0. The molecule has 5 heteroatoms. The van der Waals surface area contributed by atoms with E-state index in [2.05, 4.69) is 10.3 Å². The summed E-state index contributed by atoms with van der Waals surface area (Å²) >= 11 is 0. The van der Waals surface area contributed by atoms with Crippen LogP contribution in [0.5, 0.6) is 0 Å². The first kappa shape index (κ1) is 16.8. The number of anilines is 1. The molecule has 1 heterocycles. The van der Waals surface area contributed by atoms with Crippen LogP contribution in [0.1, 0.15) is 34.6 Å². The number of hydrogen-bond donors (Lipinski definition) is 1. The Morgan fingerprint density at radius 2 is 1.88 bits per heavy atom. The quantitative estimate of drug-likeness (QED) is 0.634. The van der Waals surface area contributed by atoms with Gasteiger partial charge in [-0.2, -0.15) is 0 Å². The van der Waals surface area contributed by atoms with Crippen LogP contribution in [0.25, 0.3) is 0 Å². The van der Waals surface area contributed by atoms with Gasteiger partial charge in [0, 0.05) is 12.6 Å². The molecule has 0 bridgehead atoms. The van der Waals surface area contributed by atoms with Crippen LogP contribution in [0.3, 0.4) is 0 Å². The van der Waals surface area contributed by atoms with E-state index in [4.69, 9.17) is 0 Å². The van der Waals surface area contributed by atoms with Gasteiger partial charge < -0.3 is 15.4 Å². The summed E-state index contributed by atoms with van der Waals surface area (Å²) in [6, 6.07) is 3.01. The van der Waals surface area contributed by atoms with Gasteiger partial charge in [-0.3, -0.25) is 0 Å². The topological polar surface area (TPSA) is 68.1 Å². The van der Waals surface area contributed by atoms with Gasteiger partial charge in [0.25, 0.3) is 0 Å². The smallest absolute Gasteiger partial charge is 0.363 e. The second-order valence-electron chi connectivity index (χ2n) is 2.19. The molecule has 0 aliphatic carbocycles. The lowest BCUT2D eigenvalue weighted by Gasteiger charge is -1.98. The molecule has 0 saturated heterocycles. The SMILES string of the molecule is CC.CC.CCNc1ccc([N+](=O)[O-])nc1. The predicted octanol–water partition coefficient (Wildman–Crippen LogP) is 3.47. The Hall–Kier alpha value is -1.65. The maximum Gasteiger partial charge on any atom is 0.363 e. The van der Waals surface area contributed by atoms with Gasteiger partial charge in [0.05, 0.1) is 5.69 Å². The van der Waals surface area contributed by atoms with E-state index in [0.29, 0.717) is 0 Å². The third-order valence-electron chi connectivity index (χ3n) is 1.32. The Bertz CT molecular complexity index is 273. The molecule has 1 aromatic rings. The molecule has 0 fully saturated rings. The number of pyridine rings is 1. The molecule has 0 spiro atoms. The monoisotopic (exact) mass is 227 g/mol. The Kier molecular flexibility index (Phi) is 12.0. The highest BCUT2D eigenvalue weighted by Crippen LogP contribution is 2.10. The fraction of sp³-hybridized carbons (Fsp3) is 0.545. The minimum Gasteiger partial charge on any atom is -0.382 e. The van der Waals surface area contributed by atoms with E-state index in [1.165, 1.54) is 12.3 Å². The first-order chi connectivity index (χ1) is 7.74. The Morgan fingerprint density at radius 3 is 2.19 bits per heavy atom. The molecule has 16 heavy (non-hydrogen) atoms. The Balaban J connectivity index is 0. The molecule has 1 aromatic heterocycles. The fourth-order valence-electron chi connectivity index (χ4n) is 0.803. The third-order valence-corrected chi connectivity index (χ3v) is 1.32. The summed E-state index contributed by atoms with van der Waals surface area (Å²) in [5, 5.41) is 13.2. The van der Waals surface area contributed by atoms with Gasteiger partial charge in [-0.25, -0.2) is 0 Å². The summed E-state index contributed by atoms with van der Waals surface area (Å²) < 4.78 is 0. The molecular formula is C11H21N3O2. The number of nitrogens with zero attached hydrogens (tertiary/aromatic N) is 2. The second-order valence-corrected chi connectivity index (χ2v) is 2.19. The summed E-state index contributed by atoms with van der Waals surface area (Å²) in [5.74, 6) is -0.128. The Labute approximate surface area is 97.1 Å². The Morgan fingerprint density at radius 1 is 1.31 bits per heavy atom. The van der Waals surface area contributed by atoms with Crippen LogP contribution in [0.2, 0.25) is 0 Å². The van der Waals surface area contributed by atoms with E-state index >= 15 is 0 Å². The first-order valence-electron chi connectivity index (χ1n) is 5.58. The van der Waals surface area contributed by atoms with Gasteiger partial charge in [0.2, 0.25) is 0 Å². The molecule has 0 aliphatic rings. The van der Waals surface area contributed by atoms with Gasteiger partial charge in [0.15, 0.2) is 6.20 Å². The highest BCUT2D eigenvalue weighted by Gasteiger charge is 2.04. The van der Waals surface area contributed by atoms with Crippen molar-refractivity contribution in [1.29, 1.82) is 0 Å². The number of nitro groups is 1. The maximum absolute atomic E-state index is 10.2. The highest BCUT2D eigenvalue weighted by atomic mass is 16.6. The molecule has 0 radical (unpaired) electrons. The molecule has 0 amide bonds. The summed E-state index contributed by atoms with van der Waals surface area (Å²) in [6.07, 6.45) is 1.45. The van der Waals surface area contributed by atoms with E-state index in [1.807, 2.05) is 34.6 Å². The van der Waals surface area contributed by atoms with Crippen molar-refractivity contribution in [3.8, 4) is 0 Å².